The Morgan fingerprint density at radius 2 is 1.72 bits per heavy atom. The number of carbonyl (C=O) groups excluding carboxylic acids is 3. The van der Waals surface area contributed by atoms with E-state index in [9.17, 15) is 32.3 Å². The second kappa shape index (κ2) is 12.9. The number of alkyl halides is 3. The Morgan fingerprint density at radius 3 is 2.30 bits per heavy atom. The Labute approximate surface area is 249 Å². The summed E-state index contributed by atoms with van der Waals surface area (Å²) in [7, 11) is 4.49. The zero-order valence-electron chi connectivity index (χ0n) is 23.3. The second-order valence-corrected chi connectivity index (χ2v) is 10.4. The van der Waals surface area contributed by atoms with E-state index in [1.165, 1.54) is 39.8 Å². The summed E-state index contributed by atoms with van der Waals surface area (Å²) in [6.07, 6.45) is -3.46. The summed E-state index contributed by atoms with van der Waals surface area (Å²) < 4.78 is 47.8. The van der Waals surface area contributed by atoms with Gasteiger partial charge in [0.2, 0.25) is 11.8 Å². The summed E-state index contributed by atoms with van der Waals surface area (Å²) in [5.41, 5.74) is 0.0118. The number of halogens is 4. The lowest BCUT2D eigenvalue weighted by Crippen LogP contribution is -2.45. The van der Waals surface area contributed by atoms with Crippen molar-refractivity contribution in [3.63, 3.8) is 0 Å². The fraction of sp³-hybridized carbons (Fsp3) is 0.310. The van der Waals surface area contributed by atoms with Crippen LogP contribution < -0.4 is 20.5 Å². The highest BCUT2D eigenvalue weighted by molar-refractivity contribution is 6.30. The van der Waals surface area contributed by atoms with Gasteiger partial charge >= 0.3 is 6.36 Å². The highest BCUT2D eigenvalue weighted by Crippen LogP contribution is 2.32. The fourth-order valence-electron chi connectivity index (χ4n) is 4.83. The van der Waals surface area contributed by atoms with Crippen molar-refractivity contribution >= 4 is 35.0 Å². The number of hydrogen-bond acceptors (Lipinski definition) is 6. The third-order valence-corrected chi connectivity index (χ3v) is 7.13. The zero-order valence-corrected chi connectivity index (χ0v) is 24.1. The molecule has 1 fully saturated rings. The maximum absolute atomic E-state index is 13.8. The zero-order chi connectivity index (χ0) is 31.5. The van der Waals surface area contributed by atoms with Gasteiger partial charge in [-0.1, -0.05) is 23.7 Å². The van der Waals surface area contributed by atoms with E-state index in [1.807, 2.05) is 0 Å². The second-order valence-electron chi connectivity index (χ2n) is 9.94. The summed E-state index contributed by atoms with van der Waals surface area (Å²) in [6.45, 7) is -0.0905. The van der Waals surface area contributed by atoms with Gasteiger partial charge in [-0.3, -0.25) is 23.7 Å². The molecular weight excluding hydrogens is 593 g/mol. The van der Waals surface area contributed by atoms with Gasteiger partial charge < -0.3 is 24.6 Å². The molecule has 228 valence electrons. The SMILES string of the molecule is COCC(C(=O)N(C)C)n1cccc(N2C[C@@H](c3ccc(Cl)cc3)[C@H](NC(=O)c3ccc(OC(F)(F)F)cc3)C2=O)c1=O. The first-order valence-corrected chi connectivity index (χ1v) is 13.3. The number of methoxy groups -OCH3 is 1. The largest absolute Gasteiger partial charge is 0.573 e. The molecule has 1 N–H and O–H groups in total. The van der Waals surface area contributed by atoms with E-state index in [2.05, 4.69) is 10.1 Å². The Bertz CT molecular complexity index is 1540. The first kappa shape index (κ1) is 31.6. The number of aromatic nitrogens is 1. The van der Waals surface area contributed by atoms with E-state index < -0.39 is 47.5 Å². The topological polar surface area (TPSA) is 110 Å². The number of nitrogens with one attached hydrogen (secondary N) is 1. The fourth-order valence-corrected chi connectivity index (χ4v) is 4.95. The van der Waals surface area contributed by atoms with Crippen LogP contribution >= 0.6 is 11.6 Å². The van der Waals surface area contributed by atoms with E-state index in [0.717, 1.165) is 24.3 Å². The molecule has 3 atom stereocenters. The van der Waals surface area contributed by atoms with E-state index in [4.69, 9.17) is 16.3 Å². The molecule has 1 unspecified atom stereocenters. The van der Waals surface area contributed by atoms with Crippen molar-refractivity contribution in [2.24, 2.45) is 0 Å². The lowest BCUT2D eigenvalue weighted by Gasteiger charge is -2.24. The number of pyridine rings is 1. The third-order valence-electron chi connectivity index (χ3n) is 6.88. The molecule has 1 aliphatic heterocycles. The van der Waals surface area contributed by atoms with Crippen molar-refractivity contribution in [3.8, 4) is 5.75 Å². The van der Waals surface area contributed by atoms with Crippen molar-refractivity contribution in [1.29, 1.82) is 0 Å². The van der Waals surface area contributed by atoms with Crippen LogP contribution in [0.25, 0.3) is 0 Å². The van der Waals surface area contributed by atoms with Crippen LogP contribution in [0.3, 0.4) is 0 Å². The molecule has 0 spiro atoms. The van der Waals surface area contributed by atoms with Crippen LogP contribution in [-0.2, 0) is 14.3 Å². The van der Waals surface area contributed by atoms with Crippen LogP contribution in [0, 0.1) is 0 Å². The number of nitrogens with zero attached hydrogens (tertiary/aromatic N) is 3. The van der Waals surface area contributed by atoms with Crippen molar-refractivity contribution in [1.82, 2.24) is 14.8 Å². The maximum atomic E-state index is 13.8. The van der Waals surface area contributed by atoms with E-state index in [-0.39, 0.29) is 30.3 Å². The van der Waals surface area contributed by atoms with Crippen molar-refractivity contribution in [2.45, 2.75) is 24.4 Å². The molecule has 1 aromatic heterocycles. The van der Waals surface area contributed by atoms with Crippen molar-refractivity contribution in [3.05, 3.63) is 93.4 Å². The van der Waals surface area contributed by atoms with Gasteiger partial charge in [-0.15, -0.1) is 13.2 Å². The van der Waals surface area contributed by atoms with Gasteiger partial charge in [0.15, 0.2) is 0 Å². The van der Waals surface area contributed by atoms with Crippen LogP contribution in [0.4, 0.5) is 18.9 Å². The molecule has 1 aliphatic rings. The molecule has 0 bridgehead atoms. The number of likely N-dealkylation sites (N-methyl/N-ethyl adjacent to an activating group) is 1. The quantitative estimate of drug-likeness (QED) is 0.392. The average Bonchev–Trinajstić information content (AvgIpc) is 3.26. The Kier molecular flexibility index (Phi) is 9.46. The molecule has 10 nitrogen and oxygen atoms in total. The third kappa shape index (κ3) is 7.17. The minimum absolute atomic E-state index is 0.000399. The first-order valence-electron chi connectivity index (χ1n) is 13.0. The molecule has 2 heterocycles. The Hall–Kier alpha value is -4.36. The summed E-state index contributed by atoms with van der Waals surface area (Å²) in [5, 5.41) is 3.12. The molecule has 43 heavy (non-hydrogen) atoms. The number of carbonyl (C=O) groups is 3. The lowest BCUT2D eigenvalue weighted by atomic mass is 9.94. The van der Waals surface area contributed by atoms with Gasteiger partial charge in [0.1, 0.15) is 23.5 Å². The normalized spacial score (nSPS) is 17.5. The molecule has 4 rings (SSSR count). The van der Waals surface area contributed by atoms with E-state index >= 15 is 0 Å². The van der Waals surface area contributed by atoms with Crippen molar-refractivity contribution < 1.29 is 37.0 Å². The van der Waals surface area contributed by atoms with Gasteiger partial charge in [-0.25, -0.2) is 0 Å². The van der Waals surface area contributed by atoms with Crippen LogP contribution in [0.5, 0.6) is 5.75 Å². The maximum Gasteiger partial charge on any atom is 0.573 e. The first-order chi connectivity index (χ1) is 20.3. The van der Waals surface area contributed by atoms with Gasteiger partial charge in [-0.05, 0) is 54.1 Å². The minimum atomic E-state index is -4.89. The molecule has 1 saturated heterocycles. The number of rotatable bonds is 9. The van der Waals surface area contributed by atoms with Crippen LogP contribution in [-0.4, -0.2) is 73.9 Å². The average molecular weight is 621 g/mol. The summed E-state index contributed by atoms with van der Waals surface area (Å²) in [6, 6.07) is 11.7. The van der Waals surface area contributed by atoms with E-state index in [1.54, 1.807) is 38.4 Å². The summed E-state index contributed by atoms with van der Waals surface area (Å²) in [4.78, 5) is 56.0. The summed E-state index contributed by atoms with van der Waals surface area (Å²) in [5.74, 6) is -2.84. The highest BCUT2D eigenvalue weighted by Gasteiger charge is 2.44. The number of benzene rings is 2. The standard InChI is InChI=1S/C29H28ClF3N4O6/c1-35(2)26(39)23(16-42-3)36-14-4-5-22(27(36)40)37-15-21(17-6-10-19(30)11-7-17)24(28(37)41)34-25(38)18-8-12-20(13-9-18)43-29(31,32)33/h4-14,21,23-24H,15-16H2,1-3H3,(H,34,38)/t21-,23?,24-/m0/s1. The molecule has 0 aliphatic carbocycles. The number of anilines is 1. The molecule has 3 amide bonds. The predicted octanol–water partition coefficient (Wildman–Crippen LogP) is 3.61. The van der Waals surface area contributed by atoms with Crippen LogP contribution in [0.1, 0.15) is 27.9 Å². The molecular formula is C29H28ClF3N4O6. The van der Waals surface area contributed by atoms with Gasteiger partial charge in [-0.2, -0.15) is 0 Å². The van der Waals surface area contributed by atoms with E-state index in [0.29, 0.717) is 10.6 Å². The molecule has 14 heteroatoms. The molecule has 3 aromatic rings. The number of hydrogen-bond donors (Lipinski definition) is 1. The lowest BCUT2D eigenvalue weighted by molar-refractivity contribution is -0.274. The smallest absolute Gasteiger partial charge is 0.406 e. The number of amides is 3. The van der Waals surface area contributed by atoms with Gasteiger partial charge in [0, 0.05) is 50.5 Å². The van der Waals surface area contributed by atoms with Crippen LogP contribution in [0.15, 0.2) is 71.7 Å². The molecule has 2 aromatic carbocycles. The monoisotopic (exact) mass is 620 g/mol. The Morgan fingerprint density at radius 1 is 1.07 bits per heavy atom. The van der Waals surface area contributed by atoms with Gasteiger partial charge in [0.05, 0.1) is 6.61 Å². The predicted molar refractivity (Wildman–Crippen MR) is 151 cm³/mol. The molecule has 0 saturated carbocycles. The number of ether oxygens (including phenoxy) is 2. The minimum Gasteiger partial charge on any atom is -0.406 e. The Balaban J connectivity index is 1.68. The van der Waals surface area contributed by atoms with Crippen LogP contribution in [0.2, 0.25) is 5.02 Å². The van der Waals surface area contributed by atoms with Gasteiger partial charge in [0.25, 0.3) is 11.5 Å². The highest BCUT2D eigenvalue weighted by atomic mass is 35.5. The van der Waals surface area contributed by atoms with Crippen molar-refractivity contribution in [2.75, 3.05) is 39.3 Å². The summed E-state index contributed by atoms with van der Waals surface area (Å²) >= 11 is 6.05. The molecule has 0 radical (unpaired) electrons.